The third-order valence-corrected chi connectivity index (χ3v) is 4.10. The minimum atomic E-state index is -1.05. The van der Waals surface area contributed by atoms with Crippen molar-refractivity contribution in [1.82, 2.24) is 20.5 Å². The largest absolute Gasteiger partial charge is 0.349 e. The Morgan fingerprint density at radius 2 is 2.00 bits per heavy atom. The molecule has 1 amide bonds. The lowest BCUT2D eigenvalue weighted by Gasteiger charge is -2.15. The molecule has 0 saturated carbocycles. The molecule has 0 fully saturated rings. The maximum atomic E-state index is 13.4. The molecule has 1 aromatic carbocycles. The van der Waals surface area contributed by atoms with E-state index in [4.69, 9.17) is 0 Å². The topological polar surface area (TPSA) is 87.7 Å². The second-order valence-corrected chi connectivity index (χ2v) is 6.02. The number of H-pyrrole nitrogens is 1. The van der Waals surface area contributed by atoms with Gasteiger partial charge in [-0.1, -0.05) is 0 Å². The smallest absolute Gasteiger partial charge is 0.252 e. The lowest BCUT2D eigenvalue weighted by Crippen LogP contribution is -2.30. The zero-order valence-corrected chi connectivity index (χ0v) is 14.1. The fraction of sp³-hybridized carbons (Fsp3) is 0.222. The third-order valence-electron chi connectivity index (χ3n) is 4.10. The van der Waals surface area contributed by atoms with Gasteiger partial charge in [-0.2, -0.15) is 10.2 Å². The number of benzene rings is 1. The molecule has 2 aromatic heterocycles. The number of hydrogen-bond acceptors (Lipinski definition) is 4. The highest BCUT2D eigenvalue weighted by Crippen LogP contribution is 2.17. The molecule has 0 saturated heterocycles. The minimum Gasteiger partial charge on any atom is -0.349 e. The number of pyridine rings is 1. The summed E-state index contributed by atoms with van der Waals surface area (Å²) in [6, 6.07) is 4.73. The van der Waals surface area contributed by atoms with Crippen molar-refractivity contribution in [3.05, 3.63) is 69.3 Å². The van der Waals surface area contributed by atoms with Gasteiger partial charge in [0, 0.05) is 23.2 Å². The van der Waals surface area contributed by atoms with Crippen LogP contribution >= 0.6 is 0 Å². The first kappa shape index (κ1) is 17.7. The number of nitrogens with zero attached hydrogens (tertiary/aromatic N) is 2. The summed E-state index contributed by atoms with van der Waals surface area (Å²) in [6.45, 7) is 3.58. The van der Waals surface area contributed by atoms with E-state index in [0.717, 1.165) is 17.7 Å². The zero-order valence-electron chi connectivity index (χ0n) is 14.1. The second-order valence-electron chi connectivity index (χ2n) is 6.02. The molecular formula is C18H16F2N4O2. The quantitative estimate of drug-likeness (QED) is 0.749. The number of hydrogen-bond donors (Lipinski definition) is 2. The monoisotopic (exact) mass is 358 g/mol. The van der Waals surface area contributed by atoms with Crippen LogP contribution in [0, 0.1) is 18.6 Å². The van der Waals surface area contributed by atoms with Crippen LogP contribution in [0.15, 0.2) is 35.3 Å². The zero-order chi connectivity index (χ0) is 18.8. The first-order chi connectivity index (χ1) is 12.3. The summed E-state index contributed by atoms with van der Waals surface area (Å²) in [5.41, 5.74) is 1.33. The highest BCUT2D eigenvalue weighted by molar-refractivity contribution is 5.83. The molecule has 1 unspecified atom stereocenters. The van der Waals surface area contributed by atoms with Crippen molar-refractivity contribution in [1.29, 1.82) is 0 Å². The molecule has 26 heavy (non-hydrogen) atoms. The lowest BCUT2D eigenvalue weighted by atomic mass is 10.1. The molecule has 1 atom stereocenters. The van der Waals surface area contributed by atoms with E-state index in [-0.39, 0.29) is 29.4 Å². The Morgan fingerprint density at radius 1 is 1.27 bits per heavy atom. The van der Waals surface area contributed by atoms with Gasteiger partial charge in [-0.15, -0.1) is 0 Å². The number of halogens is 2. The molecule has 0 spiro atoms. The van der Waals surface area contributed by atoms with E-state index < -0.39 is 17.2 Å². The number of nitrogens with one attached hydrogen (secondary N) is 2. The lowest BCUT2D eigenvalue weighted by molar-refractivity contribution is -0.121. The molecule has 134 valence electrons. The molecule has 2 N–H and O–H groups in total. The summed E-state index contributed by atoms with van der Waals surface area (Å²) in [7, 11) is 0. The van der Waals surface area contributed by atoms with E-state index in [2.05, 4.69) is 20.5 Å². The highest BCUT2D eigenvalue weighted by atomic mass is 19.2. The Hall–Kier alpha value is -3.16. The van der Waals surface area contributed by atoms with Crippen LogP contribution in [0.25, 0.3) is 10.9 Å². The van der Waals surface area contributed by atoms with Gasteiger partial charge in [0.1, 0.15) is 0 Å². The summed E-state index contributed by atoms with van der Waals surface area (Å²) in [6.07, 6.45) is 1.35. The molecule has 6 nitrogen and oxygen atoms in total. The van der Waals surface area contributed by atoms with Gasteiger partial charge in [-0.05, 0) is 37.6 Å². The number of fused-ring (bicyclic) bond motifs is 1. The first-order valence-electron chi connectivity index (χ1n) is 7.93. The number of amides is 1. The molecule has 3 rings (SSSR count). The molecule has 0 aliphatic carbocycles. The van der Waals surface area contributed by atoms with Crippen LogP contribution in [0.4, 0.5) is 8.78 Å². The Morgan fingerprint density at radius 3 is 2.73 bits per heavy atom. The van der Waals surface area contributed by atoms with Gasteiger partial charge in [-0.3, -0.25) is 9.59 Å². The van der Waals surface area contributed by atoms with E-state index in [0.29, 0.717) is 11.1 Å². The van der Waals surface area contributed by atoms with Crippen molar-refractivity contribution in [2.24, 2.45) is 0 Å². The Kier molecular flexibility index (Phi) is 4.75. The van der Waals surface area contributed by atoms with Crippen LogP contribution < -0.4 is 10.9 Å². The van der Waals surface area contributed by atoms with Crippen molar-refractivity contribution < 1.29 is 13.6 Å². The molecule has 2 heterocycles. The summed E-state index contributed by atoms with van der Waals surface area (Å²) in [5, 5.41) is 10.8. The van der Waals surface area contributed by atoms with E-state index >= 15 is 0 Å². The summed E-state index contributed by atoms with van der Waals surface area (Å²) in [5.74, 6) is -2.44. The van der Waals surface area contributed by atoms with Crippen LogP contribution in [0.2, 0.25) is 0 Å². The van der Waals surface area contributed by atoms with Gasteiger partial charge in [0.15, 0.2) is 11.6 Å². The number of aryl methyl sites for hydroxylation is 1. The van der Waals surface area contributed by atoms with Crippen LogP contribution in [0.3, 0.4) is 0 Å². The normalized spacial score (nSPS) is 12.2. The van der Waals surface area contributed by atoms with E-state index in [1.54, 1.807) is 19.9 Å². The molecule has 3 aromatic rings. The number of aromatic amines is 1. The van der Waals surface area contributed by atoms with Crippen molar-refractivity contribution >= 4 is 16.8 Å². The first-order valence-corrected chi connectivity index (χ1v) is 7.93. The van der Waals surface area contributed by atoms with Gasteiger partial charge in [-0.25, -0.2) is 8.78 Å². The number of aromatic nitrogens is 3. The third kappa shape index (κ3) is 3.58. The number of carbonyl (C=O) groups is 1. The van der Waals surface area contributed by atoms with Crippen LogP contribution in [0.5, 0.6) is 0 Å². The summed E-state index contributed by atoms with van der Waals surface area (Å²) < 4.78 is 26.6. The van der Waals surface area contributed by atoms with Gasteiger partial charge in [0.25, 0.3) is 5.56 Å². The van der Waals surface area contributed by atoms with Crippen molar-refractivity contribution in [3.63, 3.8) is 0 Å². The standard InChI is InChI=1S/C18H16F2N4O2/c1-9(13-3-4-21-24-10(13)2)22-17(25)7-12-5-11-6-14(19)15(20)8-16(11)23-18(12)26/h3-6,8-9H,7H2,1-2H3,(H,22,25)(H,23,26). The van der Waals surface area contributed by atoms with Crippen LogP contribution in [-0.2, 0) is 11.2 Å². The van der Waals surface area contributed by atoms with E-state index in [9.17, 15) is 18.4 Å². The molecule has 8 heteroatoms. The molecule has 0 radical (unpaired) electrons. The van der Waals surface area contributed by atoms with E-state index in [1.165, 1.54) is 12.3 Å². The Balaban J connectivity index is 1.81. The maximum Gasteiger partial charge on any atom is 0.252 e. The van der Waals surface area contributed by atoms with Gasteiger partial charge < -0.3 is 10.3 Å². The van der Waals surface area contributed by atoms with Gasteiger partial charge >= 0.3 is 0 Å². The van der Waals surface area contributed by atoms with Gasteiger partial charge in [0.05, 0.1) is 23.7 Å². The van der Waals surface area contributed by atoms with Crippen molar-refractivity contribution in [2.45, 2.75) is 26.3 Å². The fourth-order valence-corrected chi connectivity index (χ4v) is 2.79. The Bertz CT molecular complexity index is 1050. The minimum absolute atomic E-state index is 0.165. The molecule has 0 aliphatic rings. The molecule has 0 bridgehead atoms. The van der Waals surface area contributed by atoms with Crippen molar-refractivity contribution in [3.8, 4) is 0 Å². The predicted molar refractivity (Wildman–Crippen MR) is 91.5 cm³/mol. The number of rotatable bonds is 4. The fourth-order valence-electron chi connectivity index (χ4n) is 2.79. The average Bonchev–Trinajstić information content (AvgIpc) is 2.57. The average molecular weight is 358 g/mol. The predicted octanol–water partition coefficient (Wildman–Crippen LogP) is 2.32. The van der Waals surface area contributed by atoms with Gasteiger partial charge in [0.2, 0.25) is 5.91 Å². The van der Waals surface area contributed by atoms with Crippen molar-refractivity contribution in [2.75, 3.05) is 0 Å². The highest BCUT2D eigenvalue weighted by Gasteiger charge is 2.15. The van der Waals surface area contributed by atoms with E-state index in [1.807, 2.05) is 0 Å². The maximum absolute atomic E-state index is 13.4. The summed E-state index contributed by atoms with van der Waals surface area (Å²) in [4.78, 5) is 26.9. The second kappa shape index (κ2) is 6.99. The molecule has 0 aliphatic heterocycles. The SMILES string of the molecule is Cc1nnccc1C(C)NC(=O)Cc1cc2cc(F)c(F)cc2[nH]c1=O. The van der Waals surface area contributed by atoms with Crippen LogP contribution in [0.1, 0.15) is 29.8 Å². The Labute approximate surface area is 147 Å². The summed E-state index contributed by atoms with van der Waals surface area (Å²) >= 11 is 0. The van der Waals surface area contributed by atoms with Crippen LogP contribution in [-0.4, -0.2) is 21.1 Å². The number of carbonyl (C=O) groups excluding carboxylic acids is 1. The molecular weight excluding hydrogens is 342 g/mol.